The molecular weight excluding hydrogens is 413 g/mol. The fraction of sp³-hybridized carbons (Fsp3) is 0.421. The first-order valence-electron chi connectivity index (χ1n) is 8.47. The molecule has 0 aliphatic rings. The first-order chi connectivity index (χ1) is 11.4. The number of aliphatic imine (C=N–C) groups is 1. The number of unbranched alkanes of at least 4 members (excludes halogenated alkanes) is 2. The molecule has 2 N–H and O–H groups in total. The molecule has 0 fully saturated rings. The minimum absolute atomic E-state index is 0. The summed E-state index contributed by atoms with van der Waals surface area (Å²) in [6.45, 7) is 4.66. The number of benzene rings is 1. The third-order valence-corrected chi connectivity index (χ3v) is 3.58. The lowest BCUT2D eigenvalue weighted by atomic mass is 10.2. The Labute approximate surface area is 162 Å². The van der Waals surface area contributed by atoms with E-state index in [2.05, 4.69) is 34.7 Å². The third-order valence-electron chi connectivity index (χ3n) is 3.58. The van der Waals surface area contributed by atoms with Crippen LogP contribution < -0.4 is 10.6 Å². The van der Waals surface area contributed by atoms with Gasteiger partial charge in [0.1, 0.15) is 5.76 Å². The van der Waals surface area contributed by atoms with Gasteiger partial charge in [0.25, 0.3) is 0 Å². The molecule has 1 aromatic carbocycles. The van der Waals surface area contributed by atoms with Crippen molar-refractivity contribution in [1.82, 2.24) is 10.6 Å². The summed E-state index contributed by atoms with van der Waals surface area (Å²) < 4.78 is 5.36. The molecule has 0 spiro atoms. The van der Waals surface area contributed by atoms with Gasteiger partial charge in [0.2, 0.25) is 0 Å². The molecule has 4 nitrogen and oxygen atoms in total. The molecule has 132 valence electrons. The lowest BCUT2D eigenvalue weighted by Gasteiger charge is -2.12. The van der Waals surface area contributed by atoms with E-state index in [0.717, 1.165) is 31.2 Å². The minimum atomic E-state index is 0. The monoisotopic (exact) mass is 441 g/mol. The zero-order valence-electron chi connectivity index (χ0n) is 14.3. The van der Waals surface area contributed by atoms with E-state index in [1.165, 1.54) is 24.8 Å². The summed E-state index contributed by atoms with van der Waals surface area (Å²) in [5.41, 5.74) is 1.22. The standard InChI is InChI=1S/C19H27N3O.HI/c1-2-3-7-13-20-19(21-14-12-18-11-8-15-23-18)22-16-17-9-5-4-6-10-17;/h4-6,8-11,15H,2-3,7,12-14,16H2,1H3,(H2,20,21,22);1H. The molecule has 1 aromatic heterocycles. The molecule has 0 saturated carbocycles. The average Bonchev–Trinajstić information content (AvgIpc) is 3.10. The second kappa shape index (κ2) is 12.9. The highest BCUT2D eigenvalue weighted by Gasteiger charge is 2.00. The summed E-state index contributed by atoms with van der Waals surface area (Å²) in [6.07, 6.45) is 6.20. The van der Waals surface area contributed by atoms with E-state index in [0.29, 0.717) is 6.54 Å². The molecule has 0 unspecified atom stereocenters. The Morgan fingerprint density at radius 1 is 1.00 bits per heavy atom. The Kier molecular flexibility index (Phi) is 11.0. The van der Waals surface area contributed by atoms with Crippen LogP contribution in [0.5, 0.6) is 0 Å². The Hall–Kier alpha value is -1.50. The summed E-state index contributed by atoms with van der Waals surface area (Å²) in [5.74, 6) is 1.86. The maximum absolute atomic E-state index is 5.36. The first-order valence-corrected chi connectivity index (χ1v) is 8.47. The first kappa shape index (κ1) is 20.5. The van der Waals surface area contributed by atoms with Gasteiger partial charge >= 0.3 is 0 Å². The van der Waals surface area contributed by atoms with Crippen LogP contribution in [0.4, 0.5) is 0 Å². The van der Waals surface area contributed by atoms with Crippen molar-refractivity contribution in [2.75, 3.05) is 13.1 Å². The zero-order valence-corrected chi connectivity index (χ0v) is 16.7. The summed E-state index contributed by atoms with van der Waals surface area (Å²) in [4.78, 5) is 4.67. The van der Waals surface area contributed by atoms with Crippen molar-refractivity contribution < 1.29 is 4.42 Å². The van der Waals surface area contributed by atoms with Gasteiger partial charge in [-0.25, -0.2) is 4.99 Å². The number of guanidine groups is 1. The SMILES string of the molecule is CCCCCNC(=NCc1ccccc1)NCCc1ccco1.I. The van der Waals surface area contributed by atoms with Gasteiger partial charge in [-0.2, -0.15) is 0 Å². The highest BCUT2D eigenvalue weighted by Crippen LogP contribution is 2.01. The largest absolute Gasteiger partial charge is 0.469 e. The molecule has 2 rings (SSSR count). The predicted molar refractivity (Wildman–Crippen MR) is 111 cm³/mol. The van der Waals surface area contributed by atoms with E-state index >= 15 is 0 Å². The van der Waals surface area contributed by atoms with E-state index in [1.807, 2.05) is 30.3 Å². The normalized spacial score (nSPS) is 11.0. The van der Waals surface area contributed by atoms with Crippen molar-refractivity contribution in [2.45, 2.75) is 39.2 Å². The van der Waals surface area contributed by atoms with Crippen LogP contribution in [-0.4, -0.2) is 19.0 Å². The van der Waals surface area contributed by atoms with Crippen LogP contribution >= 0.6 is 24.0 Å². The molecule has 0 atom stereocenters. The van der Waals surface area contributed by atoms with E-state index in [1.54, 1.807) is 6.26 Å². The number of nitrogens with one attached hydrogen (secondary N) is 2. The fourth-order valence-electron chi connectivity index (χ4n) is 2.27. The Morgan fingerprint density at radius 2 is 1.79 bits per heavy atom. The van der Waals surface area contributed by atoms with Crippen LogP contribution in [0.15, 0.2) is 58.1 Å². The summed E-state index contributed by atoms with van der Waals surface area (Å²) in [5, 5.41) is 6.80. The summed E-state index contributed by atoms with van der Waals surface area (Å²) in [6, 6.07) is 14.2. The number of nitrogens with zero attached hydrogens (tertiary/aromatic N) is 1. The van der Waals surface area contributed by atoms with Crippen molar-refractivity contribution in [1.29, 1.82) is 0 Å². The number of furan rings is 1. The van der Waals surface area contributed by atoms with Crippen molar-refractivity contribution in [3.05, 3.63) is 60.1 Å². The summed E-state index contributed by atoms with van der Waals surface area (Å²) in [7, 11) is 0. The smallest absolute Gasteiger partial charge is 0.191 e. The van der Waals surface area contributed by atoms with E-state index < -0.39 is 0 Å². The number of hydrogen-bond donors (Lipinski definition) is 2. The van der Waals surface area contributed by atoms with Gasteiger partial charge in [-0.05, 0) is 24.1 Å². The third kappa shape index (κ3) is 8.38. The molecule has 0 aliphatic carbocycles. The molecule has 0 amide bonds. The molecule has 0 saturated heterocycles. The topological polar surface area (TPSA) is 49.6 Å². The van der Waals surface area contributed by atoms with Crippen molar-refractivity contribution in [3.63, 3.8) is 0 Å². The lowest BCUT2D eigenvalue weighted by molar-refractivity contribution is 0.506. The van der Waals surface area contributed by atoms with E-state index in [-0.39, 0.29) is 24.0 Å². The molecule has 0 radical (unpaired) electrons. The second-order valence-corrected chi connectivity index (χ2v) is 5.54. The molecule has 2 aromatic rings. The summed E-state index contributed by atoms with van der Waals surface area (Å²) >= 11 is 0. The van der Waals surface area contributed by atoms with E-state index in [4.69, 9.17) is 4.42 Å². The van der Waals surface area contributed by atoms with Crippen LogP contribution in [0.3, 0.4) is 0 Å². The minimum Gasteiger partial charge on any atom is -0.469 e. The fourth-order valence-corrected chi connectivity index (χ4v) is 2.27. The van der Waals surface area contributed by atoms with Crippen molar-refractivity contribution in [3.8, 4) is 0 Å². The van der Waals surface area contributed by atoms with Crippen LogP contribution in [-0.2, 0) is 13.0 Å². The van der Waals surface area contributed by atoms with Crippen LogP contribution in [0.2, 0.25) is 0 Å². The lowest BCUT2D eigenvalue weighted by Crippen LogP contribution is -2.39. The van der Waals surface area contributed by atoms with Gasteiger partial charge in [0.05, 0.1) is 12.8 Å². The van der Waals surface area contributed by atoms with Gasteiger partial charge < -0.3 is 15.1 Å². The number of halogens is 1. The van der Waals surface area contributed by atoms with Crippen molar-refractivity contribution >= 4 is 29.9 Å². The maximum Gasteiger partial charge on any atom is 0.191 e. The Balaban J connectivity index is 0.00000288. The molecular formula is C19H28IN3O. The zero-order chi connectivity index (χ0) is 16.2. The van der Waals surface area contributed by atoms with Crippen molar-refractivity contribution in [2.24, 2.45) is 4.99 Å². The molecule has 0 aliphatic heterocycles. The quantitative estimate of drug-likeness (QED) is 0.263. The predicted octanol–water partition coefficient (Wildman–Crippen LogP) is 4.37. The van der Waals surface area contributed by atoms with Crippen LogP contribution in [0.1, 0.15) is 37.5 Å². The molecule has 5 heteroatoms. The average molecular weight is 441 g/mol. The van der Waals surface area contributed by atoms with Gasteiger partial charge in [-0.15, -0.1) is 24.0 Å². The molecule has 1 heterocycles. The Morgan fingerprint density at radius 3 is 2.50 bits per heavy atom. The number of hydrogen-bond acceptors (Lipinski definition) is 2. The van der Waals surface area contributed by atoms with Gasteiger partial charge in [-0.1, -0.05) is 50.1 Å². The van der Waals surface area contributed by atoms with Crippen LogP contribution in [0.25, 0.3) is 0 Å². The van der Waals surface area contributed by atoms with Gasteiger partial charge in [-0.3, -0.25) is 0 Å². The maximum atomic E-state index is 5.36. The highest BCUT2D eigenvalue weighted by atomic mass is 127. The molecule has 0 bridgehead atoms. The highest BCUT2D eigenvalue weighted by molar-refractivity contribution is 14.0. The van der Waals surface area contributed by atoms with Crippen LogP contribution in [0, 0.1) is 0 Å². The van der Waals surface area contributed by atoms with Gasteiger partial charge in [0, 0.05) is 19.5 Å². The van der Waals surface area contributed by atoms with E-state index in [9.17, 15) is 0 Å². The number of rotatable bonds is 9. The van der Waals surface area contributed by atoms with Gasteiger partial charge in [0.15, 0.2) is 5.96 Å². The molecule has 24 heavy (non-hydrogen) atoms. The second-order valence-electron chi connectivity index (χ2n) is 5.54. The Bertz CT molecular complexity index is 555.